The highest BCUT2D eigenvalue weighted by Crippen LogP contribution is 2.35. The first-order chi connectivity index (χ1) is 10.5. The number of benzene rings is 1. The molecule has 0 saturated carbocycles. The van der Waals surface area contributed by atoms with Gasteiger partial charge < -0.3 is 25.2 Å². The molecule has 0 radical (unpaired) electrons. The molecular weight excluding hydrogens is 290 g/mol. The molecule has 0 spiro atoms. The molecule has 3 N–H and O–H groups in total. The smallest absolute Gasteiger partial charge is 0.325 e. The molecule has 1 saturated heterocycles. The molecule has 1 atom stereocenters. The summed E-state index contributed by atoms with van der Waals surface area (Å²) < 4.78 is 10.5. The van der Waals surface area contributed by atoms with Gasteiger partial charge in [0.2, 0.25) is 6.79 Å². The largest absolute Gasteiger partial charge is 0.454 e. The quantitative estimate of drug-likeness (QED) is 0.748. The number of nitrogens with one attached hydrogen (secondary N) is 2. The monoisotopic (exact) mass is 307 g/mol. The number of fused-ring (bicyclic) bond motifs is 1. The lowest BCUT2D eigenvalue weighted by Crippen LogP contribution is -2.46. The summed E-state index contributed by atoms with van der Waals surface area (Å²) in [7, 11) is 0. The van der Waals surface area contributed by atoms with Crippen LogP contribution >= 0.6 is 0 Å². The molecule has 3 rings (SSSR count). The van der Waals surface area contributed by atoms with E-state index in [1.165, 1.54) is 0 Å². The first-order valence-corrected chi connectivity index (χ1v) is 6.93. The minimum absolute atomic E-state index is 0.0325. The molecule has 2 aliphatic rings. The van der Waals surface area contributed by atoms with Crippen LogP contribution in [0, 0.1) is 0 Å². The summed E-state index contributed by atoms with van der Waals surface area (Å²) in [5.41, 5.74) is -0.713. The van der Waals surface area contributed by atoms with Gasteiger partial charge in [-0.25, -0.2) is 14.5 Å². The number of hydrogen-bond donors (Lipinski definition) is 3. The Bertz CT molecular complexity index is 616. The maximum absolute atomic E-state index is 11.9. The van der Waals surface area contributed by atoms with Gasteiger partial charge in [-0.3, -0.25) is 0 Å². The summed E-state index contributed by atoms with van der Waals surface area (Å²) in [6, 6.07) is 4.14. The Balaban J connectivity index is 1.65. The predicted molar refractivity (Wildman–Crippen MR) is 75.6 cm³/mol. The number of aliphatic hydroxyl groups is 1. The second-order valence-electron chi connectivity index (χ2n) is 5.38. The number of carbonyl (C=O) groups is 2. The molecule has 8 heteroatoms. The molecule has 118 valence electrons. The highest BCUT2D eigenvalue weighted by Gasteiger charge is 2.30. The van der Waals surface area contributed by atoms with Crippen molar-refractivity contribution in [3.63, 3.8) is 0 Å². The number of hydrogen-bond acceptors (Lipinski definition) is 5. The minimum atomic E-state index is -1.30. The van der Waals surface area contributed by atoms with Crippen molar-refractivity contribution in [2.45, 2.75) is 12.5 Å². The Morgan fingerprint density at radius 1 is 1.45 bits per heavy atom. The van der Waals surface area contributed by atoms with Crippen molar-refractivity contribution < 1.29 is 24.2 Å². The molecule has 8 nitrogen and oxygen atoms in total. The van der Waals surface area contributed by atoms with Gasteiger partial charge in [-0.2, -0.15) is 0 Å². The van der Waals surface area contributed by atoms with Gasteiger partial charge in [-0.1, -0.05) is 6.07 Å². The van der Waals surface area contributed by atoms with E-state index < -0.39 is 17.7 Å². The highest BCUT2D eigenvalue weighted by molar-refractivity contribution is 5.94. The van der Waals surface area contributed by atoms with Gasteiger partial charge in [0.1, 0.15) is 5.60 Å². The molecule has 0 unspecified atom stereocenters. The summed E-state index contributed by atoms with van der Waals surface area (Å²) >= 11 is 0. The molecule has 0 bridgehead atoms. The van der Waals surface area contributed by atoms with Gasteiger partial charge in [0, 0.05) is 13.1 Å². The molecule has 1 fully saturated rings. The van der Waals surface area contributed by atoms with Crippen molar-refractivity contribution in [2.24, 2.45) is 0 Å². The minimum Gasteiger partial charge on any atom is -0.454 e. The zero-order valence-corrected chi connectivity index (χ0v) is 12.1. The Hall–Kier alpha value is -2.48. The average molecular weight is 307 g/mol. The van der Waals surface area contributed by atoms with E-state index in [4.69, 9.17) is 9.47 Å². The zero-order valence-electron chi connectivity index (χ0n) is 12.1. The zero-order chi connectivity index (χ0) is 15.7. The molecule has 2 aliphatic heterocycles. The summed E-state index contributed by atoms with van der Waals surface area (Å²) in [6.45, 7) is 2.45. The van der Waals surface area contributed by atoms with E-state index in [2.05, 4.69) is 10.6 Å². The average Bonchev–Trinajstić information content (AvgIpc) is 3.12. The van der Waals surface area contributed by atoms with E-state index in [0.717, 1.165) is 4.90 Å². The summed E-state index contributed by atoms with van der Waals surface area (Å²) in [6.07, 6.45) is 0. The second kappa shape index (κ2) is 5.38. The third kappa shape index (κ3) is 2.64. The third-order valence-corrected chi connectivity index (χ3v) is 3.68. The molecule has 0 aromatic heterocycles. The molecular formula is C14H17N3O5. The van der Waals surface area contributed by atoms with E-state index in [-0.39, 0.29) is 13.3 Å². The lowest BCUT2D eigenvalue weighted by Gasteiger charge is -2.25. The van der Waals surface area contributed by atoms with Crippen molar-refractivity contribution in [2.75, 3.05) is 26.4 Å². The molecule has 22 heavy (non-hydrogen) atoms. The summed E-state index contributed by atoms with van der Waals surface area (Å²) in [4.78, 5) is 24.4. The van der Waals surface area contributed by atoms with Crippen LogP contribution in [0.15, 0.2) is 18.2 Å². The predicted octanol–water partition coefficient (Wildman–Crippen LogP) is 0.358. The van der Waals surface area contributed by atoms with Crippen molar-refractivity contribution in [3.05, 3.63) is 23.8 Å². The van der Waals surface area contributed by atoms with Crippen molar-refractivity contribution in [1.29, 1.82) is 0 Å². The van der Waals surface area contributed by atoms with Crippen LogP contribution in [0.3, 0.4) is 0 Å². The molecule has 0 aliphatic carbocycles. The van der Waals surface area contributed by atoms with Gasteiger partial charge in [-0.05, 0) is 24.6 Å². The fraction of sp³-hybridized carbons (Fsp3) is 0.429. The van der Waals surface area contributed by atoms with Crippen LogP contribution in [0.1, 0.15) is 12.5 Å². The standard InChI is InChI=1S/C14H17N3O5/c1-14(20,7-16-13(19)17-5-4-15-12(17)18)9-2-3-10-11(6-9)22-8-21-10/h2-3,6,20H,4-5,7-8H2,1H3,(H,15,18)(H,16,19)/t14-/m1/s1. The van der Waals surface area contributed by atoms with Crippen molar-refractivity contribution in [3.8, 4) is 11.5 Å². The first kappa shape index (κ1) is 14.5. The molecule has 1 aromatic carbocycles. The van der Waals surface area contributed by atoms with Gasteiger partial charge in [0.25, 0.3) is 0 Å². The van der Waals surface area contributed by atoms with Crippen LogP contribution in [0.5, 0.6) is 11.5 Å². The first-order valence-electron chi connectivity index (χ1n) is 6.93. The van der Waals surface area contributed by atoms with Crippen LogP contribution in [0.4, 0.5) is 9.59 Å². The van der Waals surface area contributed by atoms with Crippen LogP contribution in [0.2, 0.25) is 0 Å². The SMILES string of the molecule is C[C@@](O)(CNC(=O)N1CCNC1=O)c1ccc2c(c1)OCO2. The number of amides is 4. The highest BCUT2D eigenvalue weighted by atomic mass is 16.7. The summed E-state index contributed by atoms with van der Waals surface area (Å²) in [5.74, 6) is 1.18. The maximum atomic E-state index is 11.9. The van der Waals surface area contributed by atoms with Crippen LogP contribution < -0.4 is 20.1 Å². The molecule has 4 amide bonds. The fourth-order valence-electron chi connectivity index (χ4n) is 2.34. The topological polar surface area (TPSA) is 100 Å². The van der Waals surface area contributed by atoms with Crippen molar-refractivity contribution in [1.82, 2.24) is 15.5 Å². The van der Waals surface area contributed by atoms with Crippen molar-refractivity contribution >= 4 is 12.1 Å². The van der Waals surface area contributed by atoms with Gasteiger partial charge >= 0.3 is 12.1 Å². The van der Waals surface area contributed by atoms with Crippen LogP contribution in [0.25, 0.3) is 0 Å². The lowest BCUT2D eigenvalue weighted by atomic mass is 9.95. The molecule has 1 aromatic rings. The van der Waals surface area contributed by atoms with E-state index in [1.54, 1.807) is 25.1 Å². The second-order valence-corrected chi connectivity index (χ2v) is 5.38. The third-order valence-electron chi connectivity index (χ3n) is 3.68. The number of nitrogens with zero attached hydrogens (tertiary/aromatic N) is 1. The fourth-order valence-corrected chi connectivity index (χ4v) is 2.34. The van der Waals surface area contributed by atoms with Crippen LogP contribution in [-0.4, -0.2) is 48.5 Å². The number of ether oxygens (including phenoxy) is 2. The Labute approximate surface area is 127 Å². The van der Waals surface area contributed by atoms with E-state index >= 15 is 0 Å². The normalized spacial score (nSPS) is 18.8. The maximum Gasteiger partial charge on any atom is 0.325 e. The number of carbonyl (C=O) groups excluding carboxylic acids is 2. The van der Waals surface area contributed by atoms with E-state index in [1.807, 2.05) is 0 Å². The number of rotatable bonds is 3. The lowest BCUT2D eigenvalue weighted by molar-refractivity contribution is 0.0580. The number of urea groups is 2. The van der Waals surface area contributed by atoms with Gasteiger partial charge in [-0.15, -0.1) is 0 Å². The Kier molecular flexibility index (Phi) is 3.53. The summed E-state index contributed by atoms with van der Waals surface area (Å²) in [5, 5.41) is 15.7. The van der Waals surface area contributed by atoms with Gasteiger partial charge in [0.15, 0.2) is 11.5 Å². The Morgan fingerprint density at radius 2 is 2.23 bits per heavy atom. The van der Waals surface area contributed by atoms with E-state index in [9.17, 15) is 14.7 Å². The molecule has 2 heterocycles. The van der Waals surface area contributed by atoms with Crippen LogP contribution in [-0.2, 0) is 5.60 Å². The Morgan fingerprint density at radius 3 is 2.95 bits per heavy atom. The number of imide groups is 1. The van der Waals surface area contributed by atoms with E-state index in [0.29, 0.717) is 30.2 Å². The van der Waals surface area contributed by atoms with Gasteiger partial charge in [0.05, 0.1) is 6.54 Å².